The molecule has 0 aromatic carbocycles. The van der Waals surface area contributed by atoms with Crippen LogP contribution in [0.25, 0.3) is 0 Å². The minimum Gasteiger partial charge on any atom is -0.519 e. The fraction of sp³-hybridized carbons (Fsp3) is 0.500. The summed E-state index contributed by atoms with van der Waals surface area (Å²) in [6.45, 7) is 7.30. The van der Waals surface area contributed by atoms with E-state index >= 15 is 0 Å². The molecule has 3 heteroatoms. The molecule has 0 heterocycles. The zero-order valence-electron chi connectivity index (χ0n) is 5.89. The van der Waals surface area contributed by atoms with E-state index in [4.69, 9.17) is 4.43 Å². The highest BCUT2D eigenvalue weighted by atomic mass is 28.3. The fourth-order valence-corrected chi connectivity index (χ4v) is 0.989. The predicted molar refractivity (Wildman–Crippen MR) is 39.8 cm³/mol. The first-order chi connectivity index (χ1) is 4.20. The first-order valence-electron chi connectivity index (χ1n) is 3.03. The van der Waals surface area contributed by atoms with Gasteiger partial charge in [-0.3, -0.25) is 0 Å². The minimum absolute atomic E-state index is 0.281. The van der Waals surface area contributed by atoms with Gasteiger partial charge in [0.05, 0.1) is 0 Å². The molecule has 0 bridgehead atoms. The van der Waals surface area contributed by atoms with E-state index < -0.39 is 9.04 Å². The van der Waals surface area contributed by atoms with E-state index in [1.165, 1.54) is 6.08 Å². The Kier molecular flexibility index (Phi) is 4.04. The Morgan fingerprint density at radius 1 is 1.89 bits per heavy atom. The van der Waals surface area contributed by atoms with Crippen LogP contribution in [0.15, 0.2) is 12.7 Å². The average molecular weight is 144 g/mol. The summed E-state index contributed by atoms with van der Waals surface area (Å²) in [6, 6.07) is 0.986. The van der Waals surface area contributed by atoms with E-state index in [0.717, 1.165) is 6.04 Å². The van der Waals surface area contributed by atoms with Gasteiger partial charge >= 0.3 is 5.97 Å². The van der Waals surface area contributed by atoms with Crippen LogP contribution >= 0.6 is 0 Å². The molecule has 0 spiro atoms. The van der Waals surface area contributed by atoms with Gasteiger partial charge in [0.2, 0.25) is 9.04 Å². The van der Waals surface area contributed by atoms with Crippen molar-refractivity contribution in [2.45, 2.75) is 19.5 Å². The van der Waals surface area contributed by atoms with Crippen LogP contribution in [0.5, 0.6) is 0 Å². The lowest BCUT2D eigenvalue weighted by Gasteiger charge is -2.05. The first-order valence-corrected chi connectivity index (χ1v) is 5.48. The van der Waals surface area contributed by atoms with Crippen molar-refractivity contribution in [1.29, 1.82) is 0 Å². The van der Waals surface area contributed by atoms with Crippen molar-refractivity contribution in [2.75, 3.05) is 0 Å². The SMILES string of the molecule is C=CC(=O)O[SiH](C)CC. The van der Waals surface area contributed by atoms with Gasteiger partial charge in [-0.1, -0.05) is 13.5 Å². The highest BCUT2D eigenvalue weighted by Gasteiger charge is 2.03. The highest BCUT2D eigenvalue weighted by molar-refractivity contribution is 6.52. The number of hydrogen-bond acceptors (Lipinski definition) is 2. The second-order valence-electron chi connectivity index (χ2n) is 1.86. The number of carbonyl (C=O) groups is 1. The van der Waals surface area contributed by atoms with Crippen LogP contribution < -0.4 is 0 Å². The van der Waals surface area contributed by atoms with Gasteiger partial charge in [-0.25, -0.2) is 4.79 Å². The summed E-state index contributed by atoms with van der Waals surface area (Å²) in [7, 11) is -1.18. The number of rotatable bonds is 3. The van der Waals surface area contributed by atoms with Crippen molar-refractivity contribution in [1.82, 2.24) is 0 Å². The Bertz CT molecular complexity index is 112. The van der Waals surface area contributed by atoms with Gasteiger partial charge in [0, 0.05) is 6.08 Å². The Balaban J connectivity index is 3.46. The molecule has 0 aliphatic heterocycles. The average Bonchev–Trinajstić information content (AvgIpc) is 1.87. The molecule has 0 fully saturated rings. The maximum Gasteiger partial charge on any atom is 0.316 e. The Morgan fingerprint density at radius 3 is 2.78 bits per heavy atom. The Morgan fingerprint density at radius 2 is 2.44 bits per heavy atom. The standard InChI is InChI=1S/C6H12O2Si/c1-4-6(7)8-9(3)5-2/h4,9H,1,5H2,2-3H3. The van der Waals surface area contributed by atoms with Crippen molar-refractivity contribution in [2.24, 2.45) is 0 Å². The molecule has 52 valence electrons. The molecular formula is C6H12O2Si. The molecule has 2 nitrogen and oxygen atoms in total. The molecule has 0 saturated heterocycles. The summed E-state index contributed by atoms with van der Waals surface area (Å²) < 4.78 is 4.93. The Hall–Kier alpha value is -0.573. The number of hydrogen-bond donors (Lipinski definition) is 0. The second kappa shape index (κ2) is 4.32. The van der Waals surface area contributed by atoms with E-state index in [1.54, 1.807) is 0 Å². The molecule has 0 N–H and O–H groups in total. The second-order valence-corrected chi connectivity index (χ2v) is 4.53. The molecule has 9 heavy (non-hydrogen) atoms. The van der Waals surface area contributed by atoms with Crippen LogP contribution in [-0.4, -0.2) is 15.0 Å². The molecule has 0 amide bonds. The van der Waals surface area contributed by atoms with E-state index in [1.807, 2.05) is 13.5 Å². The fourth-order valence-electron chi connectivity index (χ4n) is 0.330. The third kappa shape index (κ3) is 3.97. The zero-order chi connectivity index (χ0) is 7.28. The monoisotopic (exact) mass is 144 g/mol. The molecule has 1 unspecified atom stereocenters. The summed E-state index contributed by atoms with van der Waals surface area (Å²) in [6.07, 6.45) is 1.21. The summed E-state index contributed by atoms with van der Waals surface area (Å²) in [5.74, 6) is -0.281. The van der Waals surface area contributed by atoms with Crippen LogP contribution in [0.4, 0.5) is 0 Å². The van der Waals surface area contributed by atoms with E-state index in [-0.39, 0.29) is 5.97 Å². The van der Waals surface area contributed by atoms with Crippen molar-refractivity contribution < 1.29 is 9.22 Å². The number of carbonyl (C=O) groups excluding carboxylic acids is 1. The summed E-state index contributed by atoms with van der Waals surface area (Å²) in [4.78, 5) is 10.5. The topological polar surface area (TPSA) is 26.3 Å². The van der Waals surface area contributed by atoms with E-state index in [2.05, 4.69) is 6.58 Å². The first kappa shape index (κ1) is 8.43. The Labute approximate surface area is 57.3 Å². The largest absolute Gasteiger partial charge is 0.519 e. The van der Waals surface area contributed by atoms with Crippen molar-refractivity contribution in [3.8, 4) is 0 Å². The third-order valence-electron chi connectivity index (χ3n) is 1.06. The lowest BCUT2D eigenvalue weighted by Crippen LogP contribution is -2.15. The molecule has 1 atom stereocenters. The molecule has 0 saturated carbocycles. The quantitative estimate of drug-likeness (QED) is 0.438. The molecule has 0 aromatic heterocycles. The van der Waals surface area contributed by atoms with Gasteiger partial charge < -0.3 is 4.43 Å². The van der Waals surface area contributed by atoms with Crippen LogP contribution in [0.3, 0.4) is 0 Å². The maximum atomic E-state index is 10.5. The van der Waals surface area contributed by atoms with Crippen molar-refractivity contribution in [3.05, 3.63) is 12.7 Å². The normalized spacial score (nSPS) is 12.2. The van der Waals surface area contributed by atoms with Gasteiger partial charge in [0.1, 0.15) is 0 Å². The molecule has 0 rings (SSSR count). The van der Waals surface area contributed by atoms with Gasteiger partial charge in [-0.2, -0.15) is 0 Å². The zero-order valence-corrected chi connectivity index (χ0v) is 7.04. The van der Waals surface area contributed by atoms with Crippen molar-refractivity contribution >= 4 is 15.0 Å². The van der Waals surface area contributed by atoms with Gasteiger partial charge in [0.15, 0.2) is 0 Å². The molecule has 0 aliphatic carbocycles. The van der Waals surface area contributed by atoms with Crippen LogP contribution in [0, 0.1) is 0 Å². The minimum atomic E-state index is -1.18. The van der Waals surface area contributed by atoms with Gasteiger partial charge in [-0.05, 0) is 12.6 Å². The van der Waals surface area contributed by atoms with Crippen molar-refractivity contribution in [3.63, 3.8) is 0 Å². The third-order valence-corrected chi connectivity index (χ3v) is 2.84. The highest BCUT2D eigenvalue weighted by Crippen LogP contribution is 1.92. The van der Waals surface area contributed by atoms with Crippen LogP contribution in [0.2, 0.25) is 12.6 Å². The summed E-state index contributed by atoms with van der Waals surface area (Å²) in [5.41, 5.74) is 0. The summed E-state index contributed by atoms with van der Waals surface area (Å²) in [5, 5.41) is 0. The summed E-state index contributed by atoms with van der Waals surface area (Å²) >= 11 is 0. The van der Waals surface area contributed by atoms with Crippen LogP contribution in [0.1, 0.15) is 6.92 Å². The predicted octanol–water partition coefficient (Wildman–Crippen LogP) is 1.09. The van der Waals surface area contributed by atoms with E-state index in [9.17, 15) is 4.79 Å². The lowest BCUT2D eigenvalue weighted by molar-refractivity contribution is -0.129. The smallest absolute Gasteiger partial charge is 0.316 e. The molecule has 0 aromatic rings. The molecule has 0 aliphatic rings. The molecule has 0 radical (unpaired) electrons. The lowest BCUT2D eigenvalue weighted by atomic mass is 10.7. The van der Waals surface area contributed by atoms with Crippen LogP contribution in [-0.2, 0) is 9.22 Å². The molecular weight excluding hydrogens is 132 g/mol. The van der Waals surface area contributed by atoms with Gasteiger partial charge in [-0.15, -0.1) is 0 Å². The van der Waals surface area contributed by atoms with E-state index in [0.29, 0.717) is 0 Å². The van der Waals surface area contributed by atoms with Gasteiger partial charge in [0.25, 0.3) is 0 Å². The maximum absolute atomic E-state index is 10.5.